The maximum atomic E-state index is 11.6. The third-order valence-corrected chi connectivity index (χ3v) is 2.59. The minimum Gasteiger partial charge on any atom is -0.481 e. The van der Waals surface area contributed by atoms with E-state index in [0.717, 1.165) is 0 Å². The molecule has 0 heterocycles. The zero-order chi connectivity index (χ0) is 12.3. The van der Waals surface area contributed by atoms with E-state index in [2.05, 4.69) is 0 Å². The Labute approximate surface area is 91.6 Å². The molecule has 1 rings (SSSR count). The van der Waals surface area contributed by atoms with Crippen LogP contribution in [0.3, 0.4) is 0 Å². The molecule has 0 aliphatic heterocycles. The largest absolute Gasteiger partial charge is 0.481 e. The number of carboxylic acids is 1. The smallest absolute Gasteiger partial charge is 0.304 e. The summed E-state index contributed by atoms with van der Waals surface area (Å²) in [6.07, 6.45) is -1.01. The van der Waals surface area contributed by atoms with Crippen LogP contribution in [0, 0.1) is 5.41 Å². The Kier molecular flexibility index (Phi) is 3.41. The van der Waals surface area contributed by atoms with E-state index in [1.807, 2.05) is 0 Å². The van der Waals surface area contributed by atoms with Crippen molar-refractivity contribution in [3.8, 4) is 0 Å². The SMILES string of the molecule is CC(=O)OC1CC(=O)C(C=O)(CC(=O)O)C1. The van der Waals surface area contributed by atoms with E-state index in [0.29, 0.717) is 6.29 Å². The summed E-state index contributed by atoms with van der Waals surface area (Å²) >= 11 is 0. The van der Waals surface area contributed by atoms with Gasteiger partial charge in [0, 0.05) is 19.8 Å². The molecule has 6 nitrogen and oxygen atoms in total. The van der Waals surface area contributed by atoms with Crippen molar-refractivity contribution in [1.29, 1.82) is 0 Å². The maximum Gasteiger partial charge on any atom is 0.304 e. The fourth-order valence-corrected chi connectivity index (χ4v) is 1.92. The fourth-order valence-electron chi connectivity index (χ4n) is 1.92. The first-order chi connectivity index (χ1) is 7.39. The molecule has 16 heavy (non-hydrogen) atoms. The van der Waals surface area contributed by atoms with Gasteiger partial charge in [0.15, 0.2) is 5.78 Å². The van der Waals surface area contributed by atoms with Crippen LogP contribution in [-0.2, 0) is 23.9 Å². The van der Waals surface area contributed by atoms with Crippen molar-refractivity contribution in [1.82, 2.24) is 0 Å². The van der Waals surface area contributed by atoms with Crippen LogP contribution in [-0.4, -0.2) is 35.2 Å². The van der Waals surface area contributed by atoms with Gasteiger partial charge in [-0.2, -0.15) is 0 Å². The van der Waals surface area contributed by atoms with Gasteiger partial charge in [0.2, 0.25) is 0 Å². The van der Waals surface area contributed by atoms with E-state index in [-0.39, 0.29) is 12.8 Å². The lowest BCUT2D eigenvalue weighted by molar-refractivity contribution is -0.147. The van der Waals surface area contributed by atoms with Crippen LogP contribution in [0.4, 0.5) is 0 Å². The highest BCUT2D eigenvalue weighted by molar-refractivity contribution is 6.03. The van der Waals surface area contributed by atoms with E-state index in [9.17, 15) is 19.2 Å². The lowest BCUT2D eigenvalue weighted by Crippen LogP contribution is -2.30. The van der Waals surface area contributed by atoms with Gasteiger partial charge < -0.3 is 14.6 Å². The van der Waals surface area contributed by atoms with Gasteiger partial charge in [-0.1, -0.05) is 0 Å². The molecule has 0 aromatic carbocycles. The number of esters is 1. The molecule has 1 aliphatic rings. The molecule has 0 aromatic rings. The summed E-state index contributed by atoms with van der Waals surface area (Å²) in [4.78, 5) is 43.7. The van der Waals surface area contributed by atoms with E-state index in [1.165, 1.54) is 6.92 Å². The molecule has 0 spiro atoms. The van der Waals surface area contributed by atoms with E-state index < -0.39 is 35.7 Å². The summed E-state index contributed by atoms with van der Waals surface area (Å²) in [5.41, 5.74) is -1.52. The van der Waals surface area contributed by atoms with Crippen LogP contribution < -0.4 is 0 Å². The van der Waals surface area contributed by atoms with E-state index in [4.69, 9.17) is 9.84 Å². The molecule has 1 N–H and O–H groups in total. The molecule has 1 saturated carbocycles. The second-order valence-electron chi connectivity index (χ2n) is 3.91. The quantitative estimate of drug-likeness (QED) is 0.411. The molecule has 2 unspecified atom stereocenters. The molecular weight excluding hydrogens is 216 g/mol. The number of aldehydes is 1. The van der Waals surface area contributed by atoms with Crippen LogP contribution in [0.1, 0.15) is 26.2 Å². The van der Waals surface area contributed by atoms with Crippen LogP contribution in [0.25, 0.3) is 0 Å². The predicted molar refractivity (Wildman–Crippen MR) is 50.5 cm³/mol. The van der Waals surface area contributed by atoms with Crippen molar-refractivity contribution in [2.24, 2.45) is 5.41 Å². The number of ketones is 1. The minimum atomic E-state index is -1.52. The van der Waals surface area contributed by atoms with Crippen LogP contribution in [0.15, 0.2) is 0 Å². The standard InChI is InChI=1S/C10H12O6/c1-6(12)16-7-2-8(13)10(3-7,5-11)4-9(14)15/h5,7H,2-4H2,1H3,(H,14,15). The molecule has 1 fully saturated rings. The molecule has 0 bridgehead atoms. The van der Waals surface area contributed by atoms with Crippen molar-refractivity contribution in [3.05, 3.63) is 0 Å². The van der Waals surface area contributed by atoms with Crippen LogP contribution in [0.2, 0.25) is 0 Å². The number of aliphatic carboxylic acids is 1. The minimum absolute atomic E-state index is 0.0405. The molecule has 88 valence electrons. The summed E-state index contributed by atoms with van der Waals surface area (Å²) in [7, 11) is 0. The number of carbonyl (C=O) groups is 4. The molecule has 0 aromatic heterocycles. The zero-order valence-electron chi connectivity index (χ0n) is 8.76. The molecule has 0 amide bonds. The average Bonchev–Trinajstić information content (AvgIpc) is 2.41. The Bertz CT molecular complexity index is 347. The fraction of sp³-hybridized carbons (Fsp3) is 0.600. The highest BCUT2D eigenvalue weighted by atomic mass is 16.5. The molecule has 0 saturated heterocycles. The zero-order valence-corrected chi connectivity index (χ0v) is 8.76. The van der Waals surface area contributed by atoms with Gasteiger partial charge in [-0.25, -0.2) is 0 Å². The third-order valence-electron chi connectivity index (χ3n) is 2.59. The lowest BCUT2D eigenvalue weighted by Gasteiger charge is -2.17. The first-order valence-corrected chi connectivity index (χ1v) is 4.78. The first kappa shape index (κ1) is 12.4. The Morgan fingerprint density at radius 2 is 2.25 bits per heavy atom. The third kappa shape index (κ3) is 2.44. The Hall–Kier alpha value is -1.72. The number of Topliss-reactive ketones (excluding diaryl/α,β-unsaturated/α-hetero) is 1. The number of ether oxygens (including phenoxy) is 1. The molecule has 2 atom stereocenters. The molecular formula is C10H12O6. The van der Waals surface area contributed by atoms with Crippen molar-refractivity contribution in [2.75, 3.05) is 0 Å². The number of hydrogen-bond acceptors (Lipinski definition) is 5. The topological polar surface area (TPSA) is 97.7 Å². The van der Waals surface area contributed by atoms with Crippen molar-refractivity contribution in [3.63, 3.8) is 0 Å². The van der Waals surface area contributed by atoms with Gasteiger partial charge in [0.1, 0.15) is 12.4 Å². The first-order valence-electron chi connectivity index (χ1n) is 4.78. The van der Waals surface area contributed by atoms with Crippen molar-refractivity contribution < 1.29 is 29.0 Å². The second kappa shape index (κ2) is 4.42. The normalized spacial score (nSPS) is 28.8. The van der Waals surface area contributed by atoms with E-state index in [1.54, 1.807) is 0 Å². The van der Waals surface area contributed by atoms with Crippen molar-refractivity contribution in [2.45, 2.75) is 32.3 Å². The lowest BCUT2D eigenvalue weighted by atomic mass is 9.83. The molecule has 1 aliphatic carbocycles. The summed E-state index contributed by atoms with van der Waals surface area (Å²) in [5, 5.41) is 8.64. The summed E-state index contributed by atoms with van der Waals surface area (Å²) in [6, 6.07) is 0. The van der Waals surface area contributed by atoms with Gasteiger partial charge in [-0.3, -0.25) is 14.4 Å². The molecule has 6 heteroatoms. The monoisotopic (exact) mass is 228 g/mol. The molecule has 0 radical (unpaired) electrons. The summed E-state index contributed by atoms with van der Waals surface area (Å²) in [5.74, 6) is -2.24. The number of carbonyl (C=O) groups excluding carboxylic acids is 3. The Morgan fingerprint density at radius 3 is 2.69 bits per heavy atom. The Morgan fingerprint density at radius 1 is 1.62 bits per heavy atom. The predicted octanol–water partition coefficient (Wildman–Crippen LogP) is -0.0590. The summed E-state index contributed by atoms with van der Waals surface area (Å²) in [6.45, 7) is 1.20. The highest BCUT2D eigenvalue weighted by Crippen LogP contribution is 2.37. The number of rotatable bonds is 4. The second-order valence-corrected chi connectivity index (χ2v) is 3.91. The highest BCUT2D eigenvalue weighted by Gasteiger charge is 2.49. The van der Waals surface area contributed by atoms with Gasteiger partial charge >= 0.3 is 11.9 Å². The van der Waals surface area contributed by atoms with Crippen LogP contribution >= 0.6 is 0 Å². The van der Waals surface area contributed by atoms with Gasteiger partial charge in [0.25, 0.3) is 0 Å². The van der Waals surface area contributed by atoms with Gasteiger partial charge in [0.05, 0.1) is 11.8 Å². The number of carboxylic acid groups (broad SMARTS) is 1. The Balaban J connectivity index is 2.80. The average molecular weight is 228 g/mol. The number of hydrogen-bond donors (Lipinski definition) is 1. The summed E-state index contributed by atoms with van der Waals surface area (Å²) < 4.78 is 4.81. The maximum absolute atomic E-state index is 11.6. The van der Waals surface area contributed by atoms with E-state index >= 15 is 0 Å². The van der Waals surface area contributed by atoms with Gasteiger partial charge in [-0.05, 0) is 0 Å². The van der Waals surface area contributed by atoms with Gasteiger partial charge in [-0.15, -0.1) is 0 Å². The van der Waals surface area contributed by atoms with Crippen molar-refractivity contribution >= 4 is 24.0 Å². The van der Waals surface area contributed by atoms with Crippen LogP contribution in [0.5, 0.6) is 0 Å².